The van der Waals surface area contributed by atoms with Gasteiger partial charge in [-0.3, -0.25) is 4.90 Å². The molecule has 3 heteroatoms. The van der Waals surface area contributed by atoms with Crippen LogP contribution in [0.5, 0.6) is 0 Å². The summed E-state index contributed by atoms with van der Waals surface area (Å²) in [7, 11) is 0. The zero-order valence-electron chi connectivity index (χ0n) is 9.34. The van der Waals surface area contributed by atoms with Crippen molar-refractivity contribution in [2.24, 2.45) is 0 Å². The number of hydrogen-bond donors (Lipinski definition) is 1. The summed E-state index contributed by atoms with van der Waals surface area (Å²) in [6, 6.07) is 13.4. The minimum absolute atomic E-state index is 0.281. The van der Waals surface area contributed by atoms with Crippen molar-refractivity contribution >= 4 is 22.6 Å². The zero-order chi connectivity index (χ0) is 12.3. The van der Waals surface area contributed by atoms with Crippen LogP contribution in [0.2, 0.25) is 0 Å². The normalized spacial score (nSPS) is 10.1. The van der Waals surface area contributed by atoms with E-state index in [1.807, 2.05) is 36.4 Å². The van der Waals surface area contributed by atoms with Gasteiger partial charge in [-0.05, 0) is 11.5 Å². The SMILES string of the molecule is C=CCN(C(=O)O)c1cccc2ccccc12. The number of amides is 1. The first-order chi connectivity index (χ1) is 8.24. The average molecular weight is 227 g/mol. The van der Waals surface area contributed by atoms with E-state index in [2.05, 4.69) is 6.58 Å². The van der Waals surface area contributed by atoms with Crippen molar-refractivity contribution in [3.63, 3.8) is 0 Å². The number of rotatable bonds is 3. The maximum atomic E-state index is 11.2. The summed E-state index contributed by atoms with van der Waals surface area (Å²) >= 11 is 0. The molecule has 17 heavy (non-hydrogen) atoms. The minimum atomic E-state index is -0.971. The molecule has 0 aromatic heterocycles. The summed E-state index contributed by atoms with van der Waals surface area (Å²) in [6.07, 6.45) is 0.608. The largest absolute Gasteiger partial charge is 0.465 e. The Morgan fingerprint density at radius 1 is 1.24 bits per heavy atom. The number of hydrogen-bond acceptors (Lipinski definition) is 1. The van der Waals surface area contributed by atoms with E-state index in [1.54, 1.807) is 12.1 Å². The summed E-state index contributed by atoms with van der Waals surface area (Å²) in [6.45, 7) is 3.86. The quantitative estimate of drug-likeness (QED) is 0.815. The van der Waals surface area contributed by atoms with Crippen LogP contribution < -0.4 is 4.90 Å². The molecule has 2 aromatic rings. The van der Waals surface area contributed by atoms with E-state index in [9.17, 15) is 9.90 Å². The Kier molecular flexibility index (Phi) is 3.10. The monoisotopic (exact) mass is 227 g/mol. The summed E-state index contributed by atoms with van der Waals surface area (Å²) in [5.74, 6) is 0. The maximum Gasteiger partial charge on any atom is 0.412 e. The van der Waals surface area contributed by atoms with Gasteiger partial charge < -0.3 is 5.11 Å². The fraction of sp³-hybridized carbons (Fsp3) is 0.0714. The van der Waals surface area contributed by atoms with Crippen LogP contribution in [-0.4, -0.2) is 17.7 Å². The number of fused-ring (bicyclic) bond motifs is 1. The lowest BCUT2D eigenvalue weighted by Gasteiger charge is -2.19. The Balaban J connectivity index is 2.60. The van der Waals surface area contributed by atoms with Gasteiger partial charge >= 0.3 is 6.09 Å². The standard InChI is InChI=1S/C14H13NO2/c1-2-10-15(14(16)17)13-9-5-7-11-6-3-4-8-12(11)13/h2-9H,1,10H2,(H,16,17). The van der Waals surface area contributed by atoms with Crippen LogP contribution in [0.4, 0.5) is 10.5 Å². The molecule has 0 bridgehead atoms. The van der Waals surface area contributed by atoms with Gasteiger partial charge in [-0.15, -0.1) is 6.58 Å². The Labute approximate surface area is 99.6 Å². The molecule has 2 rings (SSSR count). The summed E-state index contributed by atoms with van der Waals surface area (Å²) < 4.78 is 0. The third-order valence-corrected chi connectivity index (χ3v) is 2.60. The molecule has 0 aliphatic heterocycles. The van der Waals surface area contributed by atoms with Gasteiger partial charge in [0.1, 0.15) is 0 Å². The molecular weight excluding hydrogens is 214 g/mol. The number of nitrogens with zero attached hydrogens (tertiary/aromatic N) is 1. The van der Waals surface area contributed by atoms with Crippen molar-refractivity contribution in [3.8, 4) is 0 Å². The predicted molar refractivity (Wildman–Crippen MR) is 69.5 cm³/mol. The van der Waals surface area contributed by atoms with Crippen LogP contribution in [-0.2, 0) is 0 Å². The molecule has 0 heterocycles. The molecule has 0 unspecified atom stereocenters. The van der Waals surface area contributed by atoms with Crippen molar-refractivity contribution in [2.75, 3.05) is 11.4 Å². The molecule has 1 N–H and O–H groups in total. The van der Waals surface area contributed by atoms with Gasteiger partial charge in [-0.2, -0.15) is 0 Å². The van der Waals surface area contributed by atoms with E-state index in [-0.39, 0.29) is 6.54 Å². The lowest BCUT2D eigenvalue weighted by Crippen LogP contribution is -2.29. The molecule has 0 radical (unpaired) electrons. The summed E-state index contributed by atoms with van der Waals surface area (Å²) in [4.78, 5) is 12.5. The molecule has 0 aliphatic rings. The van der Waals surface area contributed by atoms with Gasteiger partial charge in [0, 0.05) is 11.9 Å². The molecule has 0 saturated heterocycles. The topological polar surface area (TPSA) is 40.5 Å². The zero-order valence-corrected chi connectivity index (χ0v) is 9.34. The highest BCUT2D eigenvalue weighted by molar-refractivity contribution is 6.01. The first-order valence-electron chi connectivity index (χ1n) is 5.33. The van der Waals surface area contributed by atoms with Crippen LogP contribution in [0.3, 0.4) is 0 Å². The van der Waals surface area contributed by atoms with Crippen molar-refractivity contribution in [1.29, 1.82) is 0 Å². The molecule has 2 aromatic carbocycles. The smallest absolute Gasteiger partial charge is 0.412 e. The van der Waals surface area contributed by atoms with E-state index in [0.717, 1.165) is 10.8 Å². The highest BCUT2D eigenvalue weighted by Crippen LogP contribution is 2.26. The second-order valence-electron chi connectivity index (χ2n) is 3.68. The number of anilines is 1. The van der Waals surface area contributed by atoms with Gasteiger partial charge in [0.05, 0.1) is 5.69 Å². The molecule has 0 spiro atoms. The summed E-state index contributed by atoms with van der Waals surface area (Å²) in [5.41, 5.74) is 0.690. The van der Waals surface area contributed by atoms with Gasteiger partial charge in [-0.1, -0.05) is 42.5 Å². The van der Waals surface area contributed by atoms with E-state index in [4.69, 9.17) is 0 Å². The van der Waals surface area contributed by atoms with E-state index >= 15 is 0 Å². The molecular formula is C14H13NO2. The third kappa shape index (κ3) is 2.13. The second kappa shape index (κ2) is 4.70. The van der Waals surface area contributed by atoms with E-state index < -0.39 is 6.09 Å². The number of benzene rings is 2. The molecule has 0 saturated carbocycles. The van der Waals surface area contributed by atoms with Crippen LogP contribution in [0.1, 0.15) is 0 Å². The highest BCUT2D eigenvalue weighted by Gasteiger charge is 2.14. The van der Waals surface area contributed by atoms with Crippen molar-refractivity contribution in [2.45, 2.75) is 0 Å². The second-order valence-corrected chi connectivity index (χ2v) is 3.68. The Morgan fingerprint density at radius 2 is 1.94 bits per heavy atom. The lowest BCUT2D eigenvalue weighted by atomic mass is 10.1. The lowest BCUT2D eigenvalue weighted by molar-refractivity contribution is 0.202. The molecule has 0 aliphatic carbocycles. The highest BCUT2D eigenvalue weighted by atomic mass is 16.4. The molecule has 0 fully saturated rings. The first-order valence-corrected chi connectivity index (χ1v) is 5.33. The molecule has 86 valence electrons. The van der Waals surface area contributed by atoms with E-state index in [0.29, 0.717) is 5.69 Å². The minimum Gasteiger partial charge on any atom is -0.465 e. The van der Waals surface area contributed by atoms with Crippen LogP contribution in [0, 0.1) is 0 Å². The summed E-state index contributed by atoms with van der Waals surface area (Å²) in [5, 5.41) is 11.2. The van der Waals surface area contributed by atoms with Crippen molar-refractivity contribution in [1.82, 2.24) is 0 Å². The predicted octanol–water partition coefficient (Wildman–Crippen LogP) is 3.51. The van der Waals surface area contributed by atoms with Gasteiger partial charge in [-0.25, -0.2) is 4.79 Å². The number of carboxylic acid groups (broad SMARTS) is 1. The molecule has 3 nitrogen and oxygen atoms in total. The van der Waals surface area contributed by atoms with Crippen molar-refractivity contribution in [3.05, 3.63) is 55.1 Å². The molecule has 0 atom stereocenters. The Morgan fingerprint density at radius 3 is 2.65 bits per heavy atom. The Bertz CT molecular complexity index is 558. The van der Waals surface area contributed by atoms with Gasteiger partial charge in [0.15, 0.2) is 0 Å². The van der Waals surface area contributed by atoms with Crippen LogP contribution in [0.15, 0.2) is 55.1 Å². The number of carbonyl (C=O) groups is 1. The average Bonchev–Trinajstić information content (AvgIpc) is 2.35. The van der Waals surface area contributed by atoms with Gasteiger partial charge in [0.25, 0.3) is 0 Å². The fourth-order valence-corrected chi connectivity index (χ4v) is 1.85. The van der Waals surface area contributed by atoms with Crippen LogP contribution in [0.25, 0.3) is 10.8 Å². The van der Waals surface area contributed by atoms with Crippen molar-refractivity contribution < 1.29 is 9.90 Å². The van der Waals surface area contributed by atoms with Crippen LogP contribution >= 0.6 is 0 Å². The maximum absolute atomic E-state index is 11.2. The van der Waals surface area contributed by atoms with Gasteiger partial charge in [0.2, 0.25) is 0 Å². The third-order valence-electron chi connectivity index (χ3n) is 2.60. The fourth-order valence-electron chi connectivity index (χ4n) is 1.85. The molecule has 1 amide bonds. The first kappa shape index (κ1) is 11.2. The van der Waals surface area contributed by atoms with E-state index in [1.165, 1.54) is 4.90 Å². The Hall–Kier alpha value is -2.29.